The number of alkyl halides is 3. The van der Waals surface area contributed by atoms with Gasteiger partial charge in [-0.2, -0.15) is 13.2 Å². The van der Waals surface area contributed by atoms with Crippen LogP contribution in [0.4, 0.5) is 13.2 Å². The number of fused-ring (bicyclic) bond motifs is 1. The third kappa shape index (κ3) is 7.52. The van der Waals surface area contributed by atoms with Gasteiger partial charge in [-0.1, -0.05) is 42.5 Å². The van der Waals surface area contributed by atoms with E-state index in [1.165, 1.54) is 12.1 Å². The largest absolute Gasteiger partial charge is 0.416 e. The zero-order valence-corrected chi connectivity index (χ0v) is 20.1. The second-order valence-electron chi connectivity index (χ2n) is 9.55. The van der Waals surface area contributed by atoms with Crippen LogP contribution in [0.2, 0.25) is 0 Å². The first-order chi connectivity index (χ1) is 17.3. The van der Waals surface area contributed by atoms with Crippen LogP contribution < -0.4 is 5.32 Å². The Balaban J connectivity index is 1.32. The molecule has 4 rings (SSSR count). The highest BCUT2D eigenvalue weighted by Gasteiger charge is 2.38. The number of hydrogen-bond donors (Lipinski definition) is 2. The zero-order valence-electron chi connectivity index (χ0n) is 20.1. The second-order valence-corrected chi connectivity index (χ2v) is 9.55. The van der Waals surface area contributed by atoms with Crippen molar-refractivity contribution >= 4 is 5.91 Å². The van der Waals surface area contributed by atoms with E-state index in [4.69, 9.17) is 9.47 Å². The van der Waals surface area contributed by atoms with Crippen LogP contribution in [0, 0.1) is 0 Å². The Morgan fingerprint density at radius 1 is 1.03 bits per heavy atom. The van der Waals surface area contributed by atoms with E-state index in [1.54, 1.807) is 0 Å². The van der Waals surface area contributed by atoms with Crippen LogP contribution in [0.3, 0.4) is 0 Å². The highest BCUT2D eigenvalue weighted by molar-refractivity contribution is 5.76. The Bertz CT molecular complexity index is 971. The van der Waals surface area contributed by atoms with Crippen LogP contribution in [0.25, 0.3) is 0 Å². The molecule has 0 bridgehead atoms. The van der Waals surface area contributed by atoms with Crippen molar-refractivity contribution in [2.45, 2.75) is 62.8 Å². The van der Waals surface area contributed by atoms with Gasteiger partial charge in [0.15, 0.2) is 0 Å². The molecule has 2 aliphatic rings. The number of nitrogens with zero attached hydrogens (tertiary/aromatic N) is 1. The summed E-state index contributed by atoms with van der Waals surface area (Å²) in [4.78, 5) is 14.6. The van der Waals surface area contributed by atoms with Gasteiger partial charge in [-0.05, 0) is 42.5 Å². The maximum Gasteiger partial charge on any atom is 0.416 e. The number of ether oxygens (including phenoxy) is 2. The van der Waals surface area contributed by atoms with Gasteiger partial charge in [-0.3, -0.25) is 9.69 Å². The fraction of sp³-hybridized carbons (Fsp3) is 0.519. The van der Waals surface area contributed by atoms with E-state index in [0.717, 1.165) is 36.1 Å². The maximum atomic E-state index is 12.9. The minimum absolute atomic E-state index is 0.0572. The number of benzene rings is 2. The maximum absolute atomic E-state index is 12.9. The van der Waals surface area contributed by atoms with Gasteiger partial charge in [0.2, 0.25) is 5.91 Å². The van der Waals surface area contributed by atoms with Crippen molar-refractivity contribution in [3.05, 3.63) is 71.3 Å². The Labute approximate surface area is 209 Å². The van der Waals surface area contributed by atoms with Crippen molar-refractivity contribution in [1.82, 2.24) is 10.2 Å². The number of aliphatic hydroxyl groups is 1. The molecule has 2 aromatic carbocycles. The summed E-state index contributed by atoms with van der Waals surface area (Å²) in [6.07, 6.45) is -3.16. The lowest BCUT2D eigenvalue weighted by atomic mass is 9.94. The first kappa shape index (κ1) is 26.6. The number of β-amino-alcohol motifs (C(OH)–C–C–N with tert-alkyl or cyclic N) is 1. The summed E-state index contributed by atoms with van der Waals surface area (Å²) in [5, 5.41) is 13.3. The van der Waals surface area contributed by atoms with Gasteiger partial charge < -0.3 is 19.9 Å². The Morgan fingerprint density at radius 3 is 2.50 bits per heavy atom. The minimum Gasteiger partial charge on any atom is -0.389 e. The molecule has 2 aromatic rings. The molecule has 4 atom stereocenters. The number of carbonyl (C=O) groups is 1. The van der Waals surface area contributed by atoms with Crippen molar-refractivity contribution in [2.24, 2.45) is 0 Å². The first-order valence-corrected chi connectivity index (χ1v) is 12.4. The fourth-order valence-corrected chi connectivity index (χ4v) is 4.93. The van der Waals surface area contributed by atoms with Gasteiger partial charge in [-0.25, -0.2) is 0 Å². The summed E-state index contributed by atoms with van der Waals surface area (Å²) in [6.45, 7) is 1.72. The summed E-state index contributed by atoms with van der Waals surface area (Å²) in [7, 11) is 0. The third-order valence-electron chi connectivity index (χ3n) is 6.75. The molecule has 2 fully saturated rings. The molecule has 9 heteroatoms. The molecular formula is C27H33F3N2O4. The van der Waals surface area contributed by atoms with Crippen molar-refractivity contribution in [2.75, 3.05) is 26.3 Å². The van der Waals surface area contributed by atoms with Gasteiger partial charge in [0.25, 0.3) is 0 Å². The highest BCUT2D eigenvalue weighted by Crippen LogP contribution is 2.31. The number of carbonyl (C=O) groups excluding carboxylic acids is 1. The van der Waals surface area contributed by atoms with E-state index in [1.807, 2.05) is 30.3 Å². The average molecular weight is 507 g/mol. The van der Waals surface area contributed by atoms with E-state index in [2.05, 4.69) is 10.2 Å². The lowest BCUT2D eigenvalue weighted by Gasteiger charge is -2.44. The summed E-state index contributed by atoms with van der Waals surface area (Å²) >= 11 is 0. The first-order valence-electron chi connectivity index (χ1n) is 12.4. The Hall–Kier alpha value is -2.46. The topological polar surface area (TPSA) is 71.0 Å². The van der Waals surface area contributed by atoms with Crippen LogP contribution >= 0.6 is 0 Å². The van der Waals surface area contributed by atoms with Crippen LogP contribution in [0.1, 0.15) is 36.0 Å². The van der Waals surface area contributed by atoms with Crippen LogP contribution in [-0.2, 0) is 33.4 Å². The van der Waals surface area contributed by atoms with E-state index < -0.39 is 17.8 Å². The second kappa shape index (κ2) is 12.2. The van der Waals surface area contributed by atoms with E-state index in [9.17, 15) is 23.1 Å². The van der Waals surface area contributed by atoms with E-state index in [-0.39, 0.29) is 43.8 Å². The molecule has 2 aliphatic heterocycles. The fourth-order valence-electron chi connectivity index (χ4n) is 4.93. The highest BCUT2D eigenvalue weighted by atomic mass is 19.4. The van der Waals surface area contributed by atoms with Gasteiger partial charge in [0, 0.05) is 25.7 Å². The monoisotopic (exact) mass is 506 g/mol. The molecular weight excluding hydrogens is 473 g/mol. The minimum atomic E-state index is -4.38. The average Bonchev–Trinajstić information content (AvgIpc) is 2.83. The number of rotatable bonds is 7. The molecule has 0 radical (unpaired) electrons. The number of halogens is 3. The zero-order chi connectivity index (χ0) is 25.5. The van der Waals surface area contributed by atoms with Gasteiger partial charge in [0.1, 0.15) is 0 Å². The van der Waals surface area contributed by atoms with Crippen molar-refractivity contribution in [3.63, 3.8) is 0 Å². The Morgan fingerprint density at radius 2 is 1.78 bits per heavy atom. The quantitative estimate of drug-likeness (QED) is 0.601. The number of hydrogen-bond acceptors (Lipinski definition) is 5. The normalized spacial score (nSPS) is 25.4. The molecule has 0 aliphatic carbocycles. The SMILES string of the molecule is O=C(C[C@@H]1CC[C@@H]2[C@H](COC[C@H](O)CN2Cc2ccc(C(F)(F)F)cc2)O1)NCCc1ccccc1. The Kier molecular flexibility index (Phi) is 9.00. The number of nitrogens with one attached hydrogen (secondary N) is 1. The molecule has 0 spiro atoms. The molecule has 2 N–H and O–H groups in total. The molecule has 0 unspecified atom stereocenters. The summed E-state index contributed by atoms with van der Waals surface area (Å²) in [5.74, 6) is -0.0572. The van der Waals surface area contributed by atoms with Crippen molar-refractivity contribution < 1.29 is 32.5 Å². The van der Waals surface area contributed by atoms with Crippen LogP contribution in [0.5, 0.6) is 0 Å². The van der Waals surface area contributed by atoms with Crippen LogP contribution in [0.15, 0.2) is 54.6 Å². The molecule has 6 nitrogen and oxygen atoms in total. The lowest BCUT2D eigenvalue weighted by Crippen LogP contribution is -2.55. The summed E-state index contributed by atoms with van der Waals surface area (Å²) < 4.78 is 50.7. The molecule has 0 aromatic heterocycles. The van der Waals surface area contributed by atoms with Crippen LogP contribution in [-0.4, -0.2) is 66.6 Å². The molecule has 2 saturated heterocycles. The van der Waals surface area contributed by atoms with Crippen molar-refractivity contribution in [3.8, 4) is 0 Å². The summed E-state index contributed by atoms with van der Waals surface area (Å²) in [5.41, 5.74) is 1.21. The predicted octanol–water partition coefficient (Wildman–Crippen LogP) is 3.56. The summed E-state index contributed by atoms with van der Waals surface area (Å²) in [6, 6.07) is 15.0. The molecule has 2 heterocycles. The smallest absolute Gasteiger partial charge is 0.389 e. The third-order valence-corrected chi connectivity index (χ3v) is 6.75. The number of amides is 1. The van der Waals surface area contributed by atoms with Gasteiger partial charge in [0.05, 0.1) is 43.5 Å². The lowest BCUT2D eigenvalue weighted by molar-refractivity contribution is -0.158. The standard InChI is InChI=1S/C27H33F3N2O4/c28-27(29,30)21-8-6-20(7-9-21)15-32-16-22(33)17-35-18-25-24(32)11-10-23(36-25)14-26(34)31-13-12-19-4-2-1-3-5-19/h1-9,22-25,33H,10-18H2,(H,31,34)/t22-,23+,24-,25+/m1/s1. The van der Waals surface area contributed by atoms with E-state index >= 15 is 0 Å². The number of aliphatic hydroxyl groups excluding tert-OH is 1. The van der Waals surface area contributed by atoms with Gasteiger partial charge in [-0.15, -0.1) is 0 Å². The molecule has 196 valence electrons. The van der Waals surface area contributed by atoms with E-state index in [0.29, 0.717) is 26.1 Å². The van der Waals surface area contributed by atoms with Gasteiger partial charge >= 0.3 is 6.18 Å². The molecule has 1 amide bonds. The van der Waals surface area contributed by atoms with Crippen molar-refractivity contribution in [1.29, 1.82) is 0 Å². The molecule has 0 saturated carbocycles. The predicted molar refractivity (Wildman–Crippen MR) is 128 cm³/mol. The molecule has 36 heavy (non-hydrogen) atoms.